The van der Waals surface area contributed by atoms with E-state index in [1.807, 2.05) is 0 Å². The van der Waals surface area contributed by atoms with Crippen LogP contribution in [0.3, 0.4) is 0 Å². The molecule has 0 heterocycles. The minimum Gasteiger partial charge on any atom is -0.462 e. The lowest BCUT2D eigenvalue weighted by molar-refractivity contribution is -0.167. The van der Waals surface area contributed by atoms with Crippen LogP contribution in [0.15, 0.2) is 0 Å². The second-order valence-corrected chi connectivity index (χ2v) is 18.5. The number of hydrogen-bond acceptors (Lipinski definition) is 6. The highest BCUT2D eigenvalue weighted by Gasteiger charge is 2.19. The van der Waals surface area contributed by atoms with Crippen molar-refractivity contribution in [1.29, 1.82) is 0 Å². The van der Waals surface area contributed by atoms with Crippen LogP contribution < -0.4 is 0 Å². The summed E-state index contributed by atoms with van der Waals surface area (Å²) in [6.45, 7) is 6.68. The molecular formula is C54H104O6. The fraction of sp³-hybridized carbons (Fsp3) is 0.944. The Labute approximate surface area is 374 Å². The molecule has 0 saturated carbocycles. The molecule has 0 aromatic heterocycles. The number of esters is 3. The van der Waals surface area contributed by atoms with Gasteiger partial charge in [-0.3, -0.25) is 14.4 Å². The highest BCUT2D eigenvalue weighted by Crippen LogP contribution is 2.17. The normalized spacial score (nSPS) is 11.8. The Morgan fingerprint density at radius 2 is 0.450 bits per heavy atom. The fourth-order valence-electron chi connectivity index (χ4n) is 8.27. The number of unbranched alkanes of at least 4 members (excludes halogenated alkanes) is 39. The van der Waals surface area contributed by atoms with Crippen LogP contribution in [-0.4, -0.2) is 37.2 Å². The Hall–Kier alpha value is -1.59. The Bertz CT molecular complexity index is 889. The first-order valence-corrected chi connectivity index (χ1v) is 27.0. The second-order valence-electron chi connectivity index (χ2n) is 18.5. The lowest BCUT2D eigenvalue weighted by atomic mass is 10.0. The van der Waals surface area contributed by atoms with Gasteiger partial charge in [-0.15, -0.1) is 0 Å². The predicted molar refractivity (Wildman–Crippen MR) is 257 cm³/mol. The minimum absolute atomic E-state index is 0.0618. The summed E-state index contributed by atoms with van der Waals surface area (Å²) < 4.78 is 16.8. The fourth-order valence-corrected chi connectivity index (χ4v) is 8.27. The van der Waals surface area contributed by atoms with Crippen molar-refractivity contribution in [2.24, 2.45) is 0 Å². The van der Waals surface area contributed by atoms with E-state index in [1.165, 1.54) is 212 Å². The summed E-state index contributed by atoms with van der Waals surface area (Å²) in [5.41, 5.74) is 0. The molecule has 6 nitrogen and oxygen atoms in total. The number of hydrogen-bond donors (Lipinski definition) is 0. The summed E-state index contributed by atoms with van der Waals surface area (Å²) in [4.78, 5) is 37.9. The molecule has 60 heavy (non-hydrogen) atoms. The summed E-state index contributed by atoms with van der Waals surface area (Å²) in [6.07, 6.45) is 53.8. The molecule has 0 fully saturated rings. The van der Waals surface area contributed by atoms with Gasteiger partial charge in [-0.25, -0.2) is 0 Å². The zero-order chi connectivity index (χ0) is 43.7. The van der Waals surface area contributed by atoms with Crippen LogP contribution in [0.1, 0.15) is 310 Å². The molecule has 0 rings (SSSR count). The lowest BCUT2D eigenvalue weighted by Gasteiger charge is -2.18. The first kappa shape index (κ1) is 58.4. The molecule has 0 spiro atoms. The molecule has 6 heteroatoms. The molecule has 0 unspecified atom stereocenters. The van der Waals surface area contributed by atoms with Crippen molar-refractivity contribution in [2.75, 3.05) is 13.2 Å². The van der Waals surface area contributed by atoms with Gasteiger partial charge in [0.2, 0.25) is 0 Å². The zero-order valence-corrected chi connectivity index (χ0v) is 40.8. The molecule has 0 radical (unpaired) electrons. The molecule has 0 bridgehead atoms. The molecule has 0 aliphatic rings. The molecular weight excluding hydrogens is 745 g/mol. The molecule has 0 aliphatic carbocycles. The summed E-state index contributed by atoms with van der Waals surface area (Å²) in [5, 5.41) is 0. The summed E-state index contributed by atoms with van der Waals surface area (Å²) in [7, 11) is 0. The highest BCUT2D eigenvalue weighted by atomic mass is 16.6. The first-order valence-electron chi connectivity index (χ1n) is 27.0. The van der Waals surface area contributed by atoms with E-state index < -0.39 is 6.10 Å². The van der Waals surface area contributed by atoms with Gasteiger partial charge in [-0.05, 0) is 19.3 Å². The van der Waals surface area contributed by atoms with Gasteiger partial charge in [-0.1, -0.05) is 271 Å². The van der Waals surface area contributed by atoms with Crippen LogP contribution in [0.25, 0.3) is 0 Å². The molecule has 0 N–H and O–H groups in total. The molecule has 1 atom stereocenters. The van der Waals surface area contributed by atoms with E-state index in [-0.39, 0.29) is 31.1 Å². The van der Waals surface area contributed by atoms with E-state index >= 15 is 0 Å². The Morgan fingerprint density at radius 1 is 0.267 bits per heavy atom. The third-order valence-corrected chi connectivity index (χ3v) is 12.4. The molecule has 0 aromatic rings. The van der Waals surface area contributed by atoms with E-state index in [0.29, 0.717) is 19.3 Å². The van der Waals surface area contributed by atoms with Gasteiger partial charge in [0, 0.05) is 19.3 Å². The van der Waals surface area contributed by atoms with E-state index in [9.17, 15) is 14.4 Å². The van der Waals surface area contributed by atoms with Gasteiger partial charge in [0.05, 0.1) is 0 Å². The number of ether oxygens (including phenoxy) is 3. The second kappa shape index (κ2) is 50.1. The van der Waals surface area contributed by atoms with Crippen molar-refractivity contribution in [3.8, 4) is 0 Å². The quantitative estimate of drug-likeness (QED) is 0.0345. The van der Waals surface area contributed by atoms with Gasteiger partial charge in [0.1, 0.15) is 13.2 Å². The van der Waals surface area contributed by atoms with Crippen molar-refractivity contribution in [2.45, 2.75) is 316 Å². The number of carbonyl (C=O) groups is 3. The average molecular weight is 849 g/mol. The van der Waals surface area contributed by atoms with Gasteiger partial charge in [-0.2, -0.15) is 0 Å². The maximum absolute atomic E-state index is 12.7. The van der Waals surface area contributed by atoms with Gasteiger partial charge in [0.15, 0.2) is 6.10 Å². The average Bonchev–Trinajstić information content (AvgIpc) is 3.24. The van der Waals surface area contributed by atoms with Crippen LogP contribution in [0, 0.1) is 0 Å². The third-order valence-electron chi connectivity index (χ3n) is 12.4. The van der Waals surface area contributed by atoms with E-state index in [4.69, 9.17) is 14.2 Å². The Kier molecular flexibility index (Phi) is 48.7. The van der Waals surface area contributed by atoms with Crippen LogP contribution >= 0.6 is 0 Å². The third kappa shape index (κ3) is 47.5. The minimum atomic E-state index is -0.759. The van der Waals surface area contributed by atoms with Crippen LogP contribution in [0.5, 0.6) is 0 Å². The van der Waals surface area contributed by atoms with Crippen molar-refractivity contribution in [1.82, 2.24) is 0 Å². The lowest BCUT2D eigenvalue weighted by Crippen LogP contribution is -2.30. The molecule has 356 valence electrons. The van der Waals surface area contributed by atoms with Crippen molar-refractivity contribution in [3.05, 3.63) is 0 Å². The van der Waals surface area contributed by atoms with Crippen molar-refractivity contribution in [3.63, 3.8) is 0 Å². The molecule has 0 aromatic carbocycles. The highest BCUT2D eigenvalue weighted by molar-refractivity contribution is 5.71. The topological polar surface area (TPSA) is 78.9 Å². The van der Waals surface area contributed by atoms with E-state index in [0.717, 1.165) is 57.8 Å². The molecule has 0 aliphatic heterocycles. The van der Waals surface area contributed by atoms with Crippen LogP contribution in [-0.2, 0) is 28.6 Å². The van der Waals surface area contributed by atoms with Gasteiger partial charge >= 0.3 is 17.9 Å². The summed E-state index contributed by atoms with van der Waals surface area (Å²) in [5.74, 6) is -0.841. The maximum atomic E-state index is 12.7. The van der Waals surface area contributed by atoms with E-state index in [1.54, 1.807) is 0 Å². The molecule has 0 amide bonds. The Balaban J connectivity index is 4.21. The zero-order valence-electron chi connectivity index (χ0n) is 40.8. The smallest absolute Gasteiger partial charge is 0.306 e. The Morgan fingerprint density at radius 3 is 0.667 bits per heavy atom. The summed E-state index contributed by atoms with van der Waals surface area (Å²) in [6, 6.07) is 0. The predicted octanol–water partition coefficient (Wildman–Crippen LogP) is 17.6. The monoisotopic (exact) mass is 849 g/mol. The van der Waals surface area contributed by atoms with E-state index in [2.05, 4.69) is 20.8 Å². The van der Waals surface area contributed by atoms with Crippen LogP contribution in [0.4, 0.5) is 0 Å². The van der Waals surface area contributed by atoms with Gasteiger partial charge in [0.25, 0.3) is 0 Å². The van der Waals surface area contributed by atoms with Crippen molar-refractivity contribution >= 4 is 17.9 Å². The summed E-state index contributed by atoms with van der Waals surface area (Å²) >= 11 is 0. The first-order chi connectivity index (χ1) is 29.5. The largest absolute Gasteiger partial charge is 0.462 e. The van der Waals surface area contributed by atoms with Crippen LogP contribution in [0.2, 0.25) is 0 Å². The van der Waals surface area contributed by atoms with Gasteiger partial charge < -0.3 is 14.2 Å². The molecule has 0 saturated heterocycles. The number of rotatable bonds is 50. The number of carbonyl (C=O) groups excluding carboxylic acids is 3. The SMILES string of the molecule is CCCCCCCCCCCCCCCCCCCCCC(=O)OC[C@H](COC(=O)CCCCCCCCCCCCCCC)OC(=O)CCCCCCCCCCCC. The standard InChI is InChI=1S/C54H104O6/c1-4-7-10-13-16-19-22-24-25-26-27-28-29-31-33-36-38-41-44-47-53(56)59-50-51(60-54(57)48-45-42-39-34-21-18-15-12-9-6-3)49-58-52(55)46-43-40-37-35-32-30-23-20-17-14-11-8-5-2/h51H,4-50H2,1-3H3/t51-/m0/s1. The van der Waals surface area contributed by atoms with Crippen molar-refractivity contribution < 1.29 is 28.6 Å². The maximum Gasteiger partial charge on any atom is 0.306 e.